The second-order valence-corrected chi connectivity index (χ2v) is 7.64. The molecule has 4 nitrogen and oxygen atoms in total. The number of carbonyl (C=O) groups excluding carboxylic acids is 1. The highest BCUT2D eigenvalue weighted by Crippen LogP contribution is 2.53. The van der Waals surface area contributed by atoms with Gasteiger partial charge >= 0.3 is 0 Å². The Kier molecular flexibility index (Phi) is 5.42. The van der Waals surface area contributed by atoms with E-state index in [-0.39, 0.29) is 34.4 Å². The van der Waals surface area contributed by atoms with E-state index in [1.807, 2.05) is 6.26 Å². The summed E-state index contributed by atoms with van der Waals surface area (Å²) in [5, 5.41) is 6.18. The minimum Gasteiger partial charge on any atom is -0.309 e. The van der Waals surface area contributed by atoms with Crippen molar-refractivity contribution in [2.45, 2.75) is 37.6 Å². The van der Waals surface area contributed by atoms with Gasteiger partial charge in [-0.2, -0.15) is 11.8 Å². The molecule has 0 bridgehead atoms. The molecule has 2 fully saturated rings. The summed E-state index contributed by atoms with van der Waals surface area (Å²) >= 11 is 4.63. The largest absolute Gasteiger partial charge is 0.309 e. The Hall–Kier alpha value is -0.370. The number of thioether (sulfide) groups is 1. The lowest BCUT2D eigenvalue weighted by atomic mass is 10.0. The van der Waals surface area contributed by atoms with Crippen molar-refractivity contribution in [1.29, 1.82) is 0 Å². The predicted octanol–water partition coefficient (Wildman–Crippen LogP) is 3.35. The highest BCUT2D eigenvalue weighted by molar-refractivity contribution is 9.10. The summed E-state index contributed by atoms with van der Waals surface area (Å²) in [7, 11) is 0. The van der Waals surface area contributed by atoms with Crippen LogP contribution >= 0.6 is 40.1 Å². The summed E-state index contributed by atoms with van der Waals surface area (Å²) < 4.78 is 13.7. The van der Waals surface area contributed by atoms with Crippen LogP contribution in [-0.4, -0.2) is 29.2 Å². The van der Waals surface area contributed by atoms with Crippen LogP contribution < -0.4 is 10.6 Å². The van der Waals surface area contributed by atoms with Gasteiger partial charge in [-0.15, -0.1) is 12.4 Å². The number of piperidine rings is 1. The molecule has 0 aromatic carbocycles. The Morgan fingerprint density at radius 2 is 2.36 bits per heavy atom. The van der Waals surface area contributed by atoms with Crippen LogP contribution in [0.2, 0.25) is 0 Å². The first kappa shape index (κ1) is 18.0. The number of amides is 1. The summed E-state index contributed by atoms with van der Waals surface area (Å²) in [6.45, 7) is 2.20. The van der Waals surface area contributed by atoms with Crippen LogP contribution in [0.4, 0.5) is 10.2 Å². The fourth-order valence-electron chi connectivity index (χ4n) is 2.91. The number of fused-ring (bicyclic) bond motifs is 1. The first-order valence-electron chi connectivity index (χ1n) is 6.84. The van der Waals surface area contributed by atoms with Crippen molar-refractivity contribution < 1.29 is 9.18 Å². The van der Waals surface area contributed by atoms with Gasteiger partial charge in [0, 0.05) is 17.4 Å². The number of anilines is 1. The molecule has 8 heteroatoms. The molecule has 1 saturated carbocycles. The molecule has 3 rings (SSSR count). The maximum Gasteiger partial charge on any atom is 0.242 e. The van der Waals surface area contributed by atoms with E-state index in [4.69, 9.17) is 0 Å². The van der Waals surface area contributed by atoms with Crippen molar-refractivity contribution in [3.05, 3.63) is 22.1 Å². The third-order valence-electron chi connectivity index (χ3n) is 4.29. The van der Waals surface area contributed by atoms with Crippen LogP contribution in [0, 0.1) is 11.2 Å². The maximum absolute atomic E-state index is 13.6. The number of hydrogen-bond donors (Lipinski definition) is 2. The molecule has 0 radical (unpaired) electrons. The molecular weight excluding hydrogens is 393 g/mol. The smallest absolute Gasteiger partial charge is 0.242 e. The SMILES string of the molecule is CSCc1cc(F)c(Br)nc1NC(=O)[C@@H]1C[C@@]2(C)C[C@H]2N1.Cl. The molecule has 0 unspecified atom stereocenters. The van der Waals surface area contributed by atoms with E-state index in [0.29, 0.717) is 23.2 Å². The number of aromatic nitrogens is 1. The van der Waals surface area contributed by atoms with Gasteiger partial charge in [0.05, 0.1) is 6.04 Å². The lowest BCUT2D eigenvalue weighted by Crippen LogP contribution is -2.38. The Balaban J connectivity index is 0.00000176. The zero-order chi connectivity index (χ0) is 15.2. The maximum atomic E-state index is 13.6. The third kappa shape index (κ3) is 3.42. The number of hydrogen-bond acceptors (Lipinski definition) is 4. The van der Waals surface area contributed by atoms with E-state index in [9.17, 15) is 9.18 Å². The molecule has 2 aliphatic rings. The fourth-order valence-corrected chi connectivity index (χ4v) is 3.73. The Morgan fingerprint density at radius 1 is 1.64 bits per heavy atom. The zero-order valence-electron chi connectivity index (χ0n) is 12.3. The number of rotatable bonds is 4. The monoisotopic (exact) mass is 409 g/mol. The van der Waals surface area contributed by atoms with Gasteiger partial charge in [0.2, 0.25) is 5.91 Å². The summed E-state index contributed by atoms with van der Waals surface area (Å²) in [6, 6.07) is 1.71. The van der Waals surface area contributed by atoms with Crippen molar-refractivity contribution in [3.8, 4) is 0 Å². The molecule has 1 aromatic heterocycles. The van der Waals surface area contributed by atoms with Gasteiger partial charge in [-0.3, -0.25) is 4.79 Å². The van der Waals surface area contributed by atoms with Crippen LogP contribution in [0.25, 0.3) is 0 Å². The highest BCUT2D eigenvalue weighted by Gasteiger charge is 2.58. The first-order chi connectivity index (χ1) is 9.93. The lowest BCUT2D eigenvalue weighted by Gasteiger charge is -2.16. The van der Waals surface area contributed by atoms with Gasteiger partial charge in [0.1, 0.15) is 10.4 Å². The van der Waals surface area contributed by atoms with E-state index < -0.39 is 5.82 Å². The number of nitrogens with one attached hydrogen (secondary N) is 2. The molecule has 1 saturated heterocycles. The Bertz CT molecular complexity index is 606. The molecule has 1 aliphatic carbocycles. The van der Waals surface area contributed by atoms with Crippen molar-refractivity contribution in [3.63, 3.8) is 0 Å². The standard InChI is InChI=1S/C14H17BrFN3OS.ClH/c1-14-4-9(17-10(14)5-14)13(20)19-12-7(6-21-2)3-8(16)11(15)18-12;/h3,9-10,17H,4-6H2,1-2H3,(H,18,19,20);1H/t9-,10+,14-;/m0./s1. The zero-order valence-corrected chi connectivity index (χ0v) is 15.5. The van der Waals surface area contributed by atoms with E-state index >= 15 is 0 Å². The van der Waals surface area contributed by atoms with Crippen molar-refractivity contribution in [1.82, 2.24) is 10.3 Å². The van der Waals surface area contributed by atoms with Gasteiger partial charge in [0.25, 0.3) is 0 Å². The molecule has 1 aromatic rings. The highest BCUT2D eigenvalue weighted by atomic mass is 79.9. The molecule has 2 N–H and O–H groups in total. The summed E-state index contributed by atoms with van der Waals surface area (Å²) in [4.78, 5) is 16.5. The van der Waals surface area contributed by atoms with Crippen LogP contribution in [-0.2, 0) is 10.5 Å². The van der Waals surface area contributed by atoms with E-state index in [1.54, 1.807) is 11.8 Å². The van der Waals surface area contributed by atoms with Gasteiger partial charge < -0.3 is 10.6 Å². The van der Waals surface area contributed by atoms with Crippen LogP contribution in [0.5, 0.6) is 0 Å². The number of nitrogens with zero attached hydrogens (tertiary/aromatic N) is 1. The molecular formula is C14H18BrClFN3OS. The van der Waals surface area contributed by atoms with Gasteiger partial charge in [-0.25, -0.2) is 9.37 Å². The molecule has 22 heavy (non-hydrogen) atoms. The lowest BCUT2D eigenvalue weighted by molar-refractivity contribution is -0.118. The number of pyridine rings is 1. The van der Waals surface area contributed by atoms with Gasteiger partial charge in [-0.05, 0) is 46.5 Å². The van der Waals surface area contributed by atoms with E-state index in [0.717, 1.165) is 12.8 Å². The van der Waals surface area contributed by atoms with Crippen LogP contribution in [0.15, 0.2) is 10.7 Å². The van der Waals surface area contributed by atoms with Crippen molar-refractivity contribution >= 4 is 51.8 Å². The van der Waals surface area contributed by atoms with Crippen LogP contribution in [0.3, 0.4) is 0 Å². The minimum absolute atomic E-state index is 0. The summed E-state index contributed by atoms with van der Waals surface area (Å²) in [5.41, 5.74) is 0.979. The molecule has 0 spiro atoms. The normalized spacial score (nSPS) is 28.7. The predicted molar refractivity (Wildman–Crippen MR) is 93.0 cm³/mol. The topological polar surface area (TPSA) is 54.0 Å². The summed E-state index contributed by atoms with van der Waals surface area (Å²) in [6.07, 6.45) is 3.93. The third-order valence-corrected chi connectivity index (χ3v) is 5.45. The minimum atomic E-state index is -0.412. The number of carbonyl (C=O) groups is 1. The molecule has 122 valence electrons. The average molecular weight is 411 g/mol. The second kappa shape index (κ2) is 6.63. The average Bonchev–Trinajstić information content (AvgIpc) is 2.93. The van der Waals surface area contributed by atoms with Gasteiger partial charge in [0.15, 0.2) is 5.82 Å². The van der Waals surface area contributed by atoms with Gasteiger partial charge in [-0.1, -0.05) is 6.92 Å². The Morgan fingerprint density at radius 3 is 2.95 bits per heavy atom. The molecule has 3 atom stereocenters. The Labute approximate surface area is 147 Å². The molecule has 2 heterocycles. The van der Waals surface area contributed by atoms with E-state index in [1.165, 1.54) is 6.07 Å². The molecule has 1 amide bonds. The van der Waals surface area contributed by atoms with Crippen molar-refractivity contribution in [2.24, 2.45) is 5.41 Å². The second-order valence-electron chi connectivity index (χ2n) is 6.03. The van der Waals surface area contributed by atoms with E-state index in [2.05, 4.69) is 38.5 Å². The van der Waals surface area contributed by atoms with Crippen molar-refractivity contribution in [2.75, 3.05) is 11.6 Å². The summed E-state index contributed by atoms with van der Waals surface area (Å²) in [5.74, 6) is 0.544. The quantitative estimate of drug-likeness (QED) is 0.748. The number of halogens is 3. The first-order valence-corrected chi connectivity index (χ1v) is 9.02. The molecule has 1 aliphatic heterocycles. The fraction of sp³-hybridized carbons (Fsp3) is 0.571. The van der Waals surface area contributed by atoms with Crippen LogP contribution in [0.1, 0.15) is 25.3 Å².